The largest absolute Gasteiger partial charge is 0.454 e. The standard InChI is InChI=1S/C23H31N3O5/c1-15-5-3-6-19(16(15)2)25-20(27)14-31-22(29)13-24-23(30)17-8-10-18(11-9-17)26-12-4-7-21(26)28/h8-11,15-16,19H,3-7,12-14H2,1-2H3,(H,24,30)(H,25,27)/t15-,16+,19+/m0/s1. The molecule has 1 aliphatic heterocycles. The third-order valence-corrected chi connectivity index (χ3v) is 6.33. The Bertz CT molecular complexity index is 823. The van der Waals surface area contributed by atoms with E-state index >= 15 is 0 Å². The van der Waals surface area contributed by atoms with Crippen molar-refractivity contribution in [1.29, 1.82) is 0 Å². The Morgan fingerprint density at radius 3 is 2.52 bits per heavy atom. The van der Waals surface area contributed by atoms with Gasteiger partial charge in [0.1, 0.15) is 6.54 Å². The maximum absolute atomic E-state index is 12.2. The lowest BCUT2D eigenvalue weighted by Crippen LogP contribution is -2.45. The molecule has 2 fully saturated rings. The molecule has 1 heterocycles. The van der Waals surface area contributed by atoms with E-state index in [-0.39, 0.29) is 31.0 Å². The molecule has 1 aromatic carbocycles. The van der Waals surface area contributed by atoms with Crippen molar-refractivity contribution in [3.63, 3.8) is 0 Å². The number of amides is 3. The molecule has 8 nitrogen and oxygen atoms in total. The predicted molar refractivity (Wildman–Crippen MR) is 115 cm³/mol. The van der Waals surface area contributed by atoms with Crippen molar-refractivity contribution in [3.8, 4) is 0 Å². The summed E-state index contributed by atoms with van der Waals surface area (Å²) in [4.78, 5) is 49.7. The fourth-order valence-electron chi connectivity index (χ4n) is 4.20. The molecule has 8 heteroatoms. The van der Waals surface area contributed by atoms with Crippen molar-refractivity contribution < 1.29 is 23.9 Å². The molecule has 1 saturated carbocycles. The van der Waals surface area contributed by atoms with E-state index in [2.05, 4.69) is 24.5 Å². The molecule has 2 N–H and O–H groups in total. The van der Waals surface area contributed by atoms with Crippen LogP contribution in [0.15, 0.2) is 24.3 Å². The zero-order valence-corrected chi connectivity index (χ0v) is 18.2. The first-order valence-electron chi connectivity index (χ1n) is 11.0. The first kappa shape index (κ1) is 22.8. The van der Waals surface area contributed by atoms with Crippen LogP contribution >= 0.6 is 0 Å². The number of benzene rings is 1. The van der Waals surface area contributed by atoms with E-state index in [4.69, 9.17) is 4.74 Å². The van der Waals surface area contributed by atoms with Crippen LogP contribution < -0.4 is 15.5 Å². The van der Waals surface area contributed by atoms with Gasteiger partial charge >= 0.3 is 5.97 Å². The second kappa shape index (κ2) is 10.4. The number of carbonyl (C=O) groups excluding carboxylic acids is 4. The van der Waals surface area contributed by atoms with Crippen LogP contribution in [0.4, 0.5) is 5.69 Å². The number of nitrogens with zero attached hydrogens (tertiary/aromatic N) is 1. The van der Waals surface area contributed by atoms with Gasteiger partial charge < -0.3 is 20.3 Å². The van der Waals surface area contributed by atoms with E-state index in [1.54, 1.807) is 29.2 Å². The fraction of sp³-hybridized carbons (Fsp3) is 0.565. The lowest BCUT2D eigenvalue weighted by atomic mass is 9.78. The van der Waals surface area contributed by atoms with Gasteiger partial charge in [0.2, 0.25) is 5.91 Å². The minimum atomic E-state index is -0.673. The van der Waals surface area contributed by atoms with Gasteiger partial charge in [-0.2, -0.15) is 0 Å². The van der Waals surface area contributed by atoms with E-state index in [9.17, 15) is 19.2 Å². The lowest BCUT2D eigenvalue weighted by Gasteiger charge is -2.34. The molecule has 1 aliphatic carbocycles. The normalized spacial score (nSPS) is 23.4. The Morgan fingerprint density at radius 1 is 1.10 bits per heavy atom. The summed E-state index contributed by atoms with van der Waals surface area (Å²) in [6.45, 7) is 4.32. The van der Waals surface area contributed by atoms with Crippen LogP contribution in [0, 0.1) is 11.8 Å². The molecule has 3 atom stereocenters. The van der Waals surface area contributed by atoms with Crippen LogP contribution in [0.1, 0.15) is 56.3 Å². The summed E-state index contributed by atoms with van der Waals surface area (Å²) in [6, 6.07) is 6.76. The van der Waals surface area contributed by atoms with Crippen molar-refractivity contribution >= 4 is 29.4 Å². The average molecular weight is 430 g/mol. The first-order valence-corrected chi connectivity index (χ1v) is 11.0. The third kappa shape index (κ3) is 6.06. The van der Waals surface area contributed by atoms with Gasteiger partial charge in [0.15, 0.2) is 6.61 Å². The number of esters is 1. The molecule has 0 radical (unpaired) electrons. The molecule has 0 spiro atoms. The van der Waals surface area contributed by atoms with Crippen LogP contribution in [0.25, 0.3) is 0 Å². The van der Waals surface area contributed by atoms with E-state index in [0.29, 0.717) is 30.4 Å². The Balaban J connectivity index is 1.38. The summed E-state index contributed by atoms with van der Waals surface area (Å²) in [7, 11) is 0. The van der Waals surface area contributed by atoms with Gasteiger partial charge in [-0.1, -0.05) is 26.7 Å². The van der Waals surface area contributed by atoms with Crippen LogP contribution in [0.3, 0.4) is 0 Å². The average Bonchev–Trinajstić information content (AvgIpc) is 3.19. The number of nitrogens with one attached hydrogen (secondary N) is 2. The molecule has 31 heavy (non-hydrogen) atoms. The maximum Gasteiger partial charge on any atom is 0.325 e. The first-order chi connectivity index (χ1) is 14.8. The summed E-state index contributed by atoms with van der Waals surface area (Å²) in [5.41, 5.74) is 1.13. The summed E-state index contributed by atoms with van der Waals surface area (Å²) >= 11 is 0. The number of hydrogen-bond donors (Lipinski definition) is 2. The quantitative estimate of drug-likeness (QED) is 0.646. The molecule has 0 unspecified atom stereocenters. The van der Waals surface area contributed by atoms with Gasteiger partial charge in [-0.25, -0.2) is 0 Å². The fourth-order valence-corrected chi connectivity index (χ4v) is 4.20. The van der Waals surface area contributed by atoms with Gasteiger partial charge in [0.25, 0.3) is 11.8 Å². The molecule has 2 aliphatic rings. The van der Waals surface area contributed by atoms with E-state index in [1.165, 1.54) is 6.42 Å². The molecule has 1 saturated heterocycles. The van der Waals surface area contributed by atoms with Crippen molar-refractivity contribution in [1.82, 2.24) is 10.6 Å². The second-order valence-electron chi connectivity index (χ2n) is 8.48. The minimum absolute atomic E-state index is 0.0800. The van der Waals surface area contributed by atoms with E-state index in [0.717, 1.165) is 24.9 Å². The Kier molecular flexibility index (Phi) is 7.65. The van der Waals surface area contributed by atoms with E-state index < -0.39 is 11.9 Å². The second-order valence-corrected chi connectivity index (χ2v) is 8.48. The monoisotopic (exact) mass is 429 g/mol. The van der Waals surface area contributed by atoms with Crippen molar-refractivity contribution in [2.24, 2.45) is 11.8 Å². The summed E-state index contributed by atoms with van der Waals surface area (Å²) in [6.07, 6.45) is 4.56. The number of rotatable bonds is 7. The zero-order chi connectivity index (χ0) is 22.4. The van der Waals surface area contributed by atoms with Crippen LogP contribution in [-0.4, -0.2) is 49.4 Å². The van der Waals surface area contributed by atoms with Crippen LogP contribution in [-0.2, 0) is 19.1 Å². The van der Waals surface area contributed by atoms with Gasteiger partial charge in [-0.05, 0) is 48.9 Å². The van der Waals surface area contributed by atoms with Crippen molar-refractivity contribution in [2.45, 2.75) is 52.0 Å². The molecule has 168 valence electrons. The van der Waals surface area contributed by atoms with Gasteiger partial charge in [0, 0.05) is 30.3 Å². The molecule has 1 aromatic rings. The van der Waals surface area contributed by atoms with E-state index in [1.807, 2.05) is 0 Å². The summed E-state index contributed by atoms with van der Waals surface area (Å²) < 4.78 is 4.98. The third-order valence-electron chi connectivity index (χ3n) is 6.33. The highest BCUT2D eigenvalue weighted by atomic mass is 16.5. The molecular formula is C23H31N3O5. The van der Waals surface area contributed by atoms with Gasteiger partial charge in [-0.3, -0.25) is 19.2 Å². The maximum atomic E-state index is 12.2. The van der Waals surface area contributed by atoms with Gasteiger partial charge in [0.05, 0.1) is 0 Å². The van der Waals surface area contributed by atoms with Crippen LogP contribution in [0.5, 0.6) is 0 Å². The molecule has 0 bridgehead atoms. The molecular weight excluding hydrogens is 398 g/mol. The highest BCUT2D eigenvalue weighted by molar-refractivity contribution is 5.98. The molecule has 3 amide bonds. The topological polar surface area (TPSA) is 105 Å². The zero-order valence-electron chi connectivity index (χ0n) is 18.2. The smallest absolute Gasteiger partial charge is 0.325 e. The minimum Gasteiger partial charge on any atom is -0.454 e. The Hall–Kier alpha value is -2.90. The number of hydrogen-bond acceptors (Lipinski definition) is 5. The number of anilines is 1. The van der Waals surface area contributed by atoms with Crippen molar-refractivity contribution in [3.05, 3.63) is 29.8 Å². The highest BCUT2D eigenvalue weighted by Crippen LogP contribution is 2.29. The highest BCUT2D eigenvalue weighted by Gasteiger charge is 2.28. The summed E-state index contributed by atoms with van der Waals surface area (Å²) in [5.74, 6) is -0.392. The predicted octanol–water partition coefficient (Wildman–Crippen LogP) is 2.03. The SMILES string of the molecule is C[C@@H]1[C@@H](C)CCC[C@H]1NC(=O)COC(=O)CNC(=O)c1ccc(N2CCCC2=O)cc1. The molecule has 3 rings (SSSR count). The lowest BCUT2D eigenvalue weighted by molar-refractivity contribution is -0.147. The Morgan fingerprint density at radius 2 is 1.84 bits per heavy atom. The van der Waals surface area contributed by atoms with Crippen molar-refractivity contribution in [2.75, 3.05) is 24.6 Å². The summed E-state index contributed by atoms with van der Waals surface area (Å²) in [5, 5.41) is 5.43. The Labute approximate surface area is 182 Å². The van der Waals surface area contributed by atoms with Crippen LogP contribution in [0.2, 0.25) is 0 Å². The number of carbonyl (C=O) groups is 4. The molecule has 0 aromatic heterocycles. The number of ether oxygens (including phenoxy) is 1. The van der Waals surface area contributed by atoms with Gasteiger partial charge in [-0.15, -0.1) is 0 Å².